The molecule has 0 saturated carbocycles. The number of carbonyl (C=O) groups excluding carboxylic acids is 2. The Hall–Kier alpha value is -3.01. The minimum atomic E-state index is -0.643. The van der Waals surface area contributed by atoms with Gasteiger partial charge in [0, 0.05) is 13.5 Å². The number of carbonyl (C=O) groups is 2. The van der Waals surface area contributed by atoms with Crippen LogP contribution in [0.15, 0.2) is 18.2 Å². The molecule has 0 spiro atoms. The van der Waals surface area contributed by atoms with Crippen molar-refractivity contribution in [3.05, 3.63) is 29.6 Å². The van der Waals surface area contributed by atoms with E-state index in [0.717, 1.165) is 35.3 Å². The molecule has 2 N–H and O–H groups in total. The van der Waals surface area contributed by atoms with Crippen molar-refractivity contribution in [2.75, 3.05) is 13.7 Å². The summed E-state index contributed by atoms with van der Waals surface area (Å²) in [5.74, 6) is 3.17. The van der Waals surface area contributed by atoms with E-state index < -0.39 is 12.1 Å². The number of benzene rings is 1. The first kappa shape index (κ1) is 24.0. The minimum absolute atomic E-state index is 0. The summed E-state index contributed by atoms with van der Waals surface area (Å²) in [5, 5.41) is 2.65. The molecule has 2 amide bonds. The van der Waals surface area contributed by atoms with E-state index in [1.807, 2.05) is 32.0 Å². The van der Waals surface area contributed by atoms with Crippen LogP contribution >= 0.6 is 0 Å². The van der Waals surface area contributed by atoms with E-state index in [1.54, 1.807) is 4.90 Å². The van der Waals surface area contributed by atoms with Crippen molar-refractivity contribution < 1.29 is 15.8 Å². The molecule has 0 unspecified atom stereocenters. The molecule has 160 valence electrons. The lowest BCUT2D eigenvalue weighted by Crippen LogP contribution is -2.51. The normalized spacial score (nSPS) is 16.5. The molecule has 1 saturated heterocycles. The third-order valence-corrected chi connectivity index (χ3v) is 4.91. The second kappa shape index (κ2) is 9.97. The molecule has 0 radical (unpaired) electrons. The number of imidazole rings is 1. The number of likely N-dealkylation sites (tertiary alicyclic amines) is 1. The van der Waals surface area contributed by atoms with Gasteiger partial charge < -0.3 is 19.9 Å². The lowest BCUT2D eigenvalue weighted by atomic mass is 10.0. The number of fused-ring (bicyclic) bond motifs is 1. The average Bonchev–Trinajstić information content (AvgIpc) is 3.30. The van der Waals surface area contributed by atoms with Crippen LogP contribution in [0.1, 0.15) is 60.4 Å². The summed E-state index contributed by atoms with van der Waals surface area (Å²) >= 11 is 0. The van der Waals surface area contributed by atoms with Gasteiger partial charge in [-0.15, -0.1) is 6.42 Å². The standard InChI is InChI=1S/C20H24N4O3.2CH4.H2/c1-5-13-8-9-14-15(11-13)22-18(21-14)16-7-6-10-24(16)19(25)17(12(2)3)23-20(26)27-4;;;/h1,8-9,11-12,16-17H,6-7,10H2,2-4H3,(H,21,22)(H,23,26);2*1H4;1H/t16-,17-;;;/m0.../s1. The smallest absolute Gasteiger partial charge is 0.407 e. The summed E-state index contributed by atoms with van der Waals surface area (Å²) in [5.41, 5.74) is 2.45. The number of H-pyrrole nitrogens is 1. The number of aromatic amines is 1. The molecule has 0 bridgehead atoms. The fraction of sp³-hybridized carbons (Fsp3) is 0.500. The molecule has 1 aromatic carbocycles. The second-order valence-electron chi connectivity index (χ2n) is 7.05. The Morgan fingerprint density at radius 3 is 2.76 bits per heavy atom. The fourth-order valence-corrected chi connectivity index (χ4v) is 3.47. The van der Waals surface area contributed by atoms with Gasteiger partial charge in [-0.2, -0.15) is 0 Å². The van der Waals surface area contributed by atoms with Crippen molar-refractivity contribution in [3.8, 4) is 12.3 Å². The third-order valence-electron chi connectivity index (χ3n) is 4.91. The predicted octanol–water partition coefficient (Wildman–Crippen LogP) is 4.11. The zero-order valence-electron chi connectivity index (χ0n) is 15.8. The summed E-state index contributed by atoms with van der Waals surface area (Å²) in [6, 6.07) is 4.80. The van der Waals surface area contributed by atoms with Crippen molar-refractivity contribution >= 4 is 23.0 Å². The van der Waals surface area contributed by atoms with Crippen LogP contribution < -0.4 is 5.32 Å². The Balaban J connectivity index is 0.00000280. The number of nitrogens with one attached hydrogen (secondary N) is 2. The Morgan fingerprint density at radius 2 is 2.14 bits per heavy atom. The second-order valence-corrected chi connectivity index (χ2v) is 7.05. The lowest BCUT2D eigenvalue weighted by Gasteiger charge is -2.29. The molecule has 2 aromatic rings. The molecule has 29 heavy (non-hydrogen) atoms. The average molecular weight is 403 g/mol. The lowest BCUT2D eigenvalue weighted by molar-refractivity contribution is -0.135. The number of hydrogen-bond donors (Lipinski definition) is 2. The van der Waals surface area contributed by atoms with Gasteiger partial charge in [-0.05, 0) is 37.0 Å². The van der Waals surface area contributed by atoms with E-state index in [4.69, 9.17) is 6.42 Å². The highest BCUT2D eigenvalue weighted by atomic mass is 16.5. The van der Waals surface area contributed by atoms with Crippen LogP contribution in [0.3, 0.4) is 0 Å². The van der Waals surface area contributed by atoms with E-state index in [-0.39, 0.29) is 34.1 Å². The van der Waals surface area contributed by atoms with Crippen LogP contribution in [0.5, 0.6) is 0 Å². The zero-order valence-corrected chi connectivity index (χ0v) is 15.8. The van der Waals surface area contributed by atoms with Gasteiger partial charge in [0.1, 0.15) is 11.9 Å². The SMILES string of the molecule is C.C.C#Cc1ccc2nc([C@@H]3CCCN3C(=O)[C@@H](NC(=O)OC)C(C)C)[nH]c2c1.[HH]. The topological polar surface area (TPSA) is 87.3 Å². The quantitative estimate of drug-likeness (QED) is 0.754. The number of nitrogens with zero attached hydrogens (tertiary/aromatic N) is 2. The number of methoxy groups -OCH3 is 1. The molecule has 2 heterocycles. The molecule has 3 rings (SSSR count). The molecule has 0 aliphatic carbocycles. The summed E-state index contributed by atoms with van der Waals surface area (Å²) in [6.45, 7) is 4.42. The molecule has 7 heteroatoms. The monoisotopic (exact) mass is 402 g/mol. The van der Waals surface area contributed by atoms with Crippen LogP contribution in [0, 0.1) is 18.3 Å². The first-order valence-electron chi connectivity index (χ1n) is 9.05. The van der Waals surface area contributed by atoms with Crippen molar-refractivity contribution in [2.24, 2.45) is 5.92 Å². The van der Waals surface area contributed by atoms with Crippen LogP contribution in [-0.2, 0) is 9.53 Å². The molecule has 1 aromatic heterocycles. The Bertz CT molecular complexity index is 903. The van der Waals surface area contributed by atoms with Crippen LogP contribution in [0.4, 0.5) is 4.79 Å². The zero-order chi connectivity index (χ0) is 19.6. The van der Waals surface area contributed by atoms with Crippen molar-refractivity contribution in [1.82, 2.24) is 20.2 Å². The molecular formula is C22H34N4O3. The molecule has 7 nitrogen and oxygen atoms in total. The highest BCUT2D eigenvalue weighted by Crippen LogP contribution is 2.32. The maximum atomic E-state index is 13.1. The van der Waals surface area contributed by atoms with E-state index in [1.165, 1.54) is 7.11 Å². The Labute approximate surface area is 174 Å². The van der Waals surface area contributed by atoms with Gasteiger partial charge in [-0.1, -0.05) is 34.6 Å². The maximum absolute atomic E-state index is 13.1. The van der Waals surface area contributed by atoms with E-state index in [0.29, 0.717) is 6.54 Å². The van der Waals surface area contributed by atoms with E-state index in [2.05, 4.69) is 25.9 Å². The number of rotatable bonds is 4. The van der Waals surface area contributed by atoms with Gasteiger partial charge in [0.2, 0.25) is 5.91 Å². The Morgan fingerprint density at radius 1 is 1.41 bits per heavy atom. The minimum Gasteiger partial charge on any atom is -0.453 e. The van der Waals surface area contributed by atoms with Gasteiger partial charge in [-0.25, -0.2) is 9.78 Å². The first-order chi connectivity index (χ1) is 12.9. The molecular weight excluding hydrogens is 368 g/mol. The number of alkyl carbamates (subject to hydrolysis) is 1. The summed E-state index contributed by atoms with van der Waals surface area (Å²) in [7, 11) is 1.29. The number of hydrogen-bond acceptors (Lipinski definition) is 4. The highest BCUT2D eigenvalue weighted by Gasteiger charge is 2.37. The summed E-state index contributed by atoms with van der Waals surface area (Å²) in [4.78, 5) is 34.5. The summed E-state index contributed by atoms with van der Waals surface area (Å²) < 4.78 is 4.66. The number of aromatic nitrogens is 2. The van der Waals surface area contributed by atoms with Crippen molar-refractivity contribution in [1.29, 1.82) is 0 Å². The van der Waals surface area contributed by atoms with Gasteiger partial charge >= 0.3 is 6.09 Å². The fourth-order valence-electron chi connectivity index (χ4n) is 3.47. The molecule has 1 aliphatic heterocycles. The third kappa shape index (κ3) is 4.89. The van der Waals surface area contributed by atoms with Gasteiger partial charge in [0.05, 0.1) is 24.2 Å². The Kier molecular flexibility index (Phi) is 8.26. The van der Waals surface area contributed by atoms with E-state index >= 15 is 0 Å². The van der Waals surface area contributed by atoms with Crippen LogP contribution in [0.2, 0.25) is 0 Å². The van der Waals surface area contributed by atoms with Crippen molar-refractivity contribution in [3.63, 3.8) is 0 Å². The summed E-state index contributed by atoms with van der Waals surface area (Å²) in [6.07, 6.45) is 6.55. The first-order valence-corrected chi connectivity index (χ1v) is 9.05. The highest BCUT2D eigenvalue weighted by molar-refractivity contribution is 5.86. The van der Waals surface area contributed by atoms with Crippen molar-refractivity contribution in [2.45, 2.75) is 53.6 Å². The van der Waals surface area contributed by atoms with Crippen LogP contribution in [-0.4, -0.2) is 46.6 Å². The largest absolute Gasteiger partial charge is 0.453 e. The predicted molar refractivity (Wildman–Crippen MR) is 117 cm³/mol. The van der Waals surface area contributed by atoms with Crippen LogP contribution in [0.25, 0.3) is 11.0 Å². The van der Waals surface area contributed by atoms with Gasteiger partial charge in [0.25, 0.3) is 0 Å². The molecule has 1 fully saturated rings. The number of terminal acetylenes is 1. The molecule has 2 atom stereocenters. The van der Waals surface area contributed by atoms with Gasteiger partial charge in [-0.3, -0.25) is 4.79 Å². The number of amides is 2. The van der Waals surface area contributed by atoms with E-state index in [9.17, 15) is 9.59 Å². The molecule has 1 aliphatic rings. The number of ether oxygens (including phenoxy) is 1. The van der Waals surface area contributed by atoms with Gasteiger partial charge in [0.15, 0.2) is 0 Å². The maximum Gasteiger partial charge on any atom is 0.407 e.